The zero-order valence-electron chi connectivity index (χ0n) is 7.73. The van der Waals surface area contributed by atoms with Crippen molar-refractivity contribution in [1.29, 1.82) is 0 Å². The average Bonchev–Trinajstić information content (AvgIpc) is 1.83. The van der Waals surface area contributed by atoms with E-state index in [2.05, 4.69) is 25.0 Å². The molecule has 0 aliphatic heterocycles. The second-order valence-electron chi connectivity index (χ2n) is 3.63. The number of rotatable bonds is 3. The summed E-state index contributed by atoms with van der Waals surface area (Å²) in [5.41, 5.74) is 0. The average molecular weight is 191 g/mol. The maximum absolute atomic E-state index is 5.08. The molecule has 0 aromatic carbocycles. The molecule has 0 unspecified atom stereocenters. The van der Waals surface area contributed by atoms with E-state index in [1.807, 2.05) is 6.92 Å². The summed E-state index contributed by atoms with van der Waals surface area (Å²) in [6.45, 7) is 9.44. The zero-order chi connectivity index (χ0) is 8.91. The van der Waals surface area contributed by atoms with Gasteiger partial charge in [-0.3, -0.25) is 0 Å². The molecule has 0 aliphatic rings. The van der Waals surface area contributed by atoms with Crippen molar-refractivity contribution >= 4 is 25.5 Å². The van der Waals surface area contributed by atoms with Crippen molar-refractivity contribution in [3.05, 3.63) is 0 Å². The van der Waals surface area contributed by atoms with Gasteiger partial charge in [-0.15, -0.1) is 0 Å². The predicted molar refractivity (Wildman–Crippen MR) is 55.6 cm³/mol. The molecule has 0 fully saturated rings. The highest BCUT2D eigenvalue weighted by molar-refractivity contribution is 7.80. The Balaban J connectivity index is 3.46. The van der Waals surface area contributed by atoms with Gasteiger partial charge in [-0.1, -0.05) is 19.6 Å². The Labute approximate surface area is 75.3 Å². The minimum Gasteiger partial charge on any atom is -0.471 e. The second kappa shape index (κ2) is 4.72. The quantitative estimate of drug-likeness (QED) is 0.543. The molecule has 0 spiro atoms. The number of hydrogen-bond donors (Lipinski definition) is 1. The number of hydrogen-bond acceptors (Lipinski definition) is 2. The van der Waals surface area contributed by atoms with E-state index in [-0.39, 0.29) is 0 Å². The van der Waals surface area contributed by atoms with Crippen LogP contribution in [0, 0.1) is 0 Å². The third-order valence-corrected chi connectivity index (χ3v) is 2.54. The van der Waals surface area contributed by atoms with Gasteiger partial charge >= 0.3 is 0 Å². The third-order valence-electron chi connectivity index (χ3n) is 1.04. The van der Waals surface area contributed by atoms with Crippen LogP contribution >= 0.6 is 12.2 Å². The predicted octanol–water partition coefficient (Wildman–Crippen LogP) is 1.77. The van der Waals surface area contributed by atoms with Crippen LogP contribution in [-0.4, -0.2) is 26.0 Å². The monoisotopic (exact) mass is 191 g/mol. The minimum absolute atomic E-state index is 0.537. The Morgan fingerprint density at radius 3 is 2.36 bits per heavy atom. The largest absolute Gasteiger partial charge is 0.471 e. The first kappa shape index (κ1) is 10.9. The molecule has 2 nitrogen and oxygen atoms in total. The normalized spacial score (nSPS) is 10.9. The van der Waals surface area contributed by atoms with E-state index >= 15 is 0 Å². The SMILES string of the molecule is CCOC(=S)NC[Si](C)(C)C. The van der Waals surface area contributed by atoms with Gasteiger partial charge < -0.3 is 10.1 Å². The van der Waals surface area contributed by atoms with E-state index in [0.717, 1.165) is 6.17 Å². The molecule has 66 valence electrons. The van der Waals surface area contributed by atoms with Crippen molar-refractivity contribution in [2.24, 2.45) is 0 Å². The van der Waals surface area contributed by atoms with Crippen LogP contribution in [0.5, 0.6) is 0 Å². The third kappa shape index (κ3) is 7.81. The van der Waals surface area contributed by atoms with Gasteiger partial charge in [-0.25, -0.2) is 0 Å². The number of thiocarbonyl (C=S) groups is 1. The Hall–Kier alpha value is -0.0931. The molecule has 0 rings (SSSR count). The molecular weight excluding hydrogens is 174 g/mol. The van der Waals surface area contributed by atoms with E-state index in [0.29, 0.717) is 11.8 Å². The molecule has 0 aromatic rings. The zero-order valence-corrected chi connectivity index (χ0v) is 9.55. The smallest absolute Gasteiger partial charge is 0.256 e. The summed E-state index contributed by atoms with van der Waals surface area (Å²) in [7, 11) is -1.03. The minimum atomic E-state index is -1.03. The van der Waals surface area contributed by atoms with Crippen molar-refractivity contribution in [1.82, 2.24) is 5.32 Å². The van der Waals surface area contributed by atoms with Crippen molar-refractivity contribution in [3.63, 3.8) is 0 Å². The molecule has 1 N–H and O–H groups in total. The van der Waals surface area contributed by atoms with Gasteiger partial charge in [0.05, 0.1) is 14.7 Å². The first-order valence-corrected chi connectivity index (χ1v) is 7.98. The van der Waals surface area contributed by atoms with Gasteiger partial charge in [0.2, 0.25) is 0 Å². The maximum Gasteiger partial charge on any atom is 0.256 e. The van der Waals surface area contributed by atoms with E-state index < -0.39 is 8.07 Å². The molecule has 0 saturated heterocycles. The second-order valence-corrected chi connectivity index (χ2v) is 9.48. The highest BCUT2D eigenvalue weighted by Gasteiger charge is 2.12. The topological polar surface area (TPSA) is 21.3 Å². The van der Waals surface area contributed by atoms with Crippen molar-refractivity contribution in [3.8, 4) is 0 Å². The van der Waals surface area contributed by atoms with Gasteiger partial charge in [-0.05, 0) is 19.1 Å². The molecule has 0 bridgehead atoms. The summed E-state index contributed by atoms with van der Waals surface area (Å²) in [5, 5.41) is 3.63. The molecule has 0 heterocycles. The molecule has 0 aliphatic carbocycles. The lowest BCUT2D eigenvalue weighted by atomic mass is 10.9. The lowest BCUT2D eigenvalue weighted by Gasteiger charge is -2.17. The van der Waals surface area contributed by atoms with E-state index in [1.54, 1.807) is 0 Å². The van der Waals surface area contributed by atoms with Crippen molar-refractivity contribution in [2.45, 2.75) is 26.6 Å². The summed E-state index contributed by atoms with van der Waals surface area (Å²) >= 11 is 4.91. The van der Waals surface area contributed by atoms with Crippen LogP contribution in [-0.2, 0) is 4.74 Å². The van der Waals surface area contributed by atoms with Gasteiger partial charge in [0.15, 0.2) is 0 Å². The van der Waals surface area contributed by atoms with E-state index in [9.17, 15) is 0 Å². The fraction of sp³-hybridized carbons (Fsp3) is 0.857. The van der Waals surface area contributed by atoms with Crippen LogP contribution in [0.2, 0.25) is 19.6 Å². The summed E-state index contributed by atoms with van der Waals surface area (Å²) in [5.74, 6) is 0. The molecule has 0 aromatic heterocycles. The molecule has 0 amide bonds. The van der Waals surface area contributed by atoms with Crippen LogP contribution in [0.25, 0.3) is 0 Å². The van der Waals surface area contributed by atoms with Gasteiger partial charge in [0, 0.05) is 6.17 Å². The van der Waals surface area contributed by atoms with Gasteiger partial charge in [0.1, 0.15) is 0 Å². The molecule has 11 heavy (non-hydrogen) atoms. The first-order chi connectivity index (χ1) is 4.95. The fourth-order valence-corrected chi connectivity index (χ4v) is 1.53. The molecule has 0 saturated carbocycles. The molecular formula is C7H17NOSSi. The fourth-order valence-electron chi connectivity index (χ4n) is 0.519. The summed E-state index contributed by atoms with van der Waals surface area (Å²) in [6.07, 6.45) is 0.992. The standard InChI is InChI=1S/C7H17NOSSi/c1-5-9-7(10)8-6-11(2,3)4/h5-6H2,1-4H3,(H,8,10). The summed E-state index contributed by atoms with van der Waals surface area (Å²) in [6, 6.07) is 0. The first-order valence-electron chi connectivity index (χ1n) is 3.86. The lowest BCUT2D eigenvalue weighted by Crippen LogP contribution is -2.39. The Bertz CT molecular complexity index is 133. The van der Waals surface area contributed by atoms with Crippen LogP contribution in [0.1, 0.15) is 6.92 Å². The van der Waals surface area contributed by atoms with Crippen LogP contribution < -0.4 is 5.32 Å². The van der Waals surface area contributed by atoms with Gasteiger partial charge in [-0.2, -0.15) is 0 Å². The van der Waals surface area contributed by atoms with Gasteiger partial charge in [0.25, 0.3) is 5.17 Å². The maximum atomic E-state index is 5.08. The van der Waals surface area contributed by atoms with Crippen LogP contribution in [0.15, 0.2) is 0 Å². The number of ether oxygens (including phenoxy) is 1. The van der Waals surface area contributed by atoms with E-state index in [1.165, 1.54) is 0 Å². The Kier molecular flexibility index (Phi) is 4.68. The molecule has 0 radical (unpaired) electrons. The Morgan fingerprint density at radius 2 is 2.00 bits per heavy atom. The van der Waals surface area contributed by atoms with Crippen LogP contribution in [0.3, 0.4) is 0 Å². The molecule has 4 heteroatoms. The van der Waals surface area contributed by atoms with E-state index in [4.69, 9.17) is 17.0 Å². The highest BCUT2D eigenvalue weighted by atomic mass is 32.1. The highest BCUT2D eigenvalue weighted by Crippen LogP contribution is 1.96. The summed E-state index contributed by atoms with van der Waals surface area (Å²) in [4.78, 5) is 0. The Morgan fingerprint density at radius 1 is 1.45 bits per heavy atom. The summed E-state index contributed by atoms with van der Waals surface area (Å²) < 4.78 is 5.08. The van der Waals surface area contributed by atoms with Crippen molar-refractivity contribution < 1.29 is 4.74 Å². The van der Waals surface area contributed by atoms with Crippen LogP contribution in [0.4, 0.5) is 0 Å². The van der Waals surface area contributed by atoms with Crippen molar-refractivity contribution in [2.75, 3.05) is 12.8 Å². The lowest BCUT2D eigenvalue weighted by molar-refractivity contribution is 0.322. The number of nitrogens with one attached hydrogen (secondary N) is 1. The molecule has 0 atom stereocenters.